The maximum Gasteiger partial charge on any atom is 0.181 e. The normalized spacial score (nSPS) is 10.8. The number of benzene rings is 1. The van der Waals surface area contributed by atoms with Gasteiger partial charge in [0, 0.05) is 0 Å². The second kappa shape index (κ2) is 5.17. The molecule has 0 N–H and O–H groups in total. The summed E-state index contributed by atoms with van der Waals surface area (Å²) >= 11 is 5.65. The quantitative estimate of drug-likeness (QED) is 0.635. The SMILES string of the molecule is Cc1ccc(-n2nc(C)c(C(=O)CCl)c2C)c(C)c1. The number of rotatable bonds is 3. The molecule has 0 radical (unpaired) electrons. The van der Waals surface area contributed by atoms with Gasteiger partial charge in [-0.2, -0.15) is 5.10 Å². The number of aryl methyl sites for hydroxylation is 3. The Labute approximate surface area is 118 Å². The fourth-order valence-electron chi connectivity index (χ4n) is 2.39. The van der Waals surface area contributed by atoms with Gasteiger partial charge in [-0.3, -0.25) is 4.79 Å². The molecule has 0 aliphatic carbocycles. The molecule has 100 valence electrons. The second-order valence-corrected chi connectivity index (χ2v) is 5.07. The molecule has 0 spiro atoms. The van der Waals surface area contributed by atoms with Gasteiger partial charge in [-0.1, -0.05) is 17.7 Å². The lowest BCUT2D eigenvalue weighted by Crippen LogP contribution is -2.05. The van der Waals surface area contributed by atoms with Gasteiger partial charge in [0.15, 0.2) is 5.78 Å². The fourth-order valence-corrected chi connectivity index (χ4v) is 2.52. The highest BCUT2D eigenvalue weighted by molar-refractivity contribution is 6.30. The molecule has 2 rings (SSSR count). The summed E-state index contributed by atoms with van der Waals surface area (Å²) in [6.07, 6.45) is 0. The molecule has 4 heteroatoms. The van der Waals surface area contributed by atoms with Crippen molar-refractivity contribution in [2.24, 2.45) is 0 Å². The number of Topliss-reactive ketones (excluding diaryl/α,β-unsaturated/α-hetero) is 1. The Kier molecular flexibility index (Phi) is 3.76. The Balaban J connectivity index is 2.61. The lowest BCUT2D eigenvalue weighted by Gasteiger charge is -2.09. The fraction of sp³-hybridized carbons (Fsp3) is 0.333. The van der Waals surface area contributed by atoms with Gasteiger partial charge in [0.1, 0.15) is 0 Å². The number of hydrogen-bond acceptors (Lipinski definition) is 2. The van der Waals surface area contributed by atoms with Crippen molar-refractivity contribution in [2.75, 3.05) is 5.88 Å². The summed E-state index contributed by atoms with van der Waals surface area (Å²) in [7, 11) is 0. The topological polar surface area (TPSA) is 34.9 Å². The van der Waals surface area contributed by atoms with Crippen LogP contribution in [0.4, 0.5) is 0 Å². The monoisotopic (exact) mass is 276 g/mol. The third kappa shape index (κ3) is 2.43. The van der Waals surface area contributed by atoms with Crippen LogP contribution in [0.25, 0.3) is 5.69 Å². The Bertz CT molecular complexity index is 644. The first-order chi connectivity index (χ1) is 8.95. The zero-order valence-electron chi connectivity index (χ0n) is 11.6. The average Bonchev–Trinajstić information content (AvgIpc) is 2.64. The third-order valence-electron chi connectivity index (χ3n) is 3.27. The number of carbonyl (C=O) groups excluding carboxylic acids is 1. The first-order valence-electron chi connectivity index (χ1n) is 6.18. The number of carbonyl (C=O) groups is 1. The smallest absolute Gasteiger partial charge is 0.181 e. The molecule has 1 heterocycles. The van der Waals surface area contributed by atoms with Crippen molar-refractivity contribution >= 4 is 17.4 Å². The molecule has 1 aromatic heterocycles. The zero-order valence-corrected chi connectivity index (χ0v) is 12.4. The molecule has 0 aliphatic rings. The molecule has 0 saturated carbocycles. The van der Waals surface area contributed by atoms with Crippen molar-refractivity contribution in [3.8, 4) is 5.69 Å². The van der Waals surface area contributed by atoms with Crippen LogP contribution in [0.2, 0.25) is 0 Å². The van der Waals surface area contributed by atoms with Crippen LogP contribution in [-0.2, 0) is 0 Å². The number of halogens is 1. The van der Waals surface area contributed by atoms with Crippen LogP contribution in [0.1, 0.15) is 32.9 Å². The van der Waals surface area contributed by atoms with E-state index in [0.29, 0.717) is 5.56 Å². The van der Waals surface area contributed by atoms with Crippen molar-refractivity contribution in [3.05, 3.63) is 46.3 Å². The van der Waals surface area contributed by atoms with Gasteiger partial charge < -0.3 is 0 Å². The number of hydrogen-bond donors (Lipinski definition) is 0. The largest absolute Gasteiger partial charge is 0.293 e. The molecular weight excluding hydrogens is 260 g/mol. The number of alkyl halides is 1. The van der Waals surface area contributed by atoms with Gasteiger partial charge in [0.25, 0.3) is 0 Å². The molecule has 0 fully saturated rings. The van der Waals surface area contributed by atoms with Crippen molar-refractivity contribution in [3.63, 3.8) is 0 Å². The Hall–Kier alpha value is -1.61. The van der Waals surface area contributed by atoms with Crippen LogP contribution in [-0.4, -0.2) is 21.4 Å². The molecule has 2 aromatic rings. The molecular formula is C15H17ClN2O. The van der Waals surface area contributed by atoms with Gasteiger partial charge >= 0.3 is 0 Å². The van der Waals surface area contributed by atoms with Gasteiger partial charge in [0.2, 0.25) is 0 Å². The van der Waals surface area contributed by atoms with E-state index in [2.05, 4.69) is 18.1 Å². The van der Waals surface area contributed by atoms with E-state index in [1.807, 2.05) is 37.6 Å². The van der Waals surface area contributed by atoms with Gasteiger partial charge in [-0.05, 0) is 39.3 Å². The van der Waals surface area contributed by atoms with Crippen molar-refractivity contribution in [2.45, 2.75) is 27.7 Å². The Morgan fingerprint density at radius 3 is 2.53 bits per heavy atom. The third-order valence-corrected chi connectivity index (χ3v) is 3.51. The highest BCUT2D eigenvalue weighted by Crippen LogP contribution is 2.21. The van der Waals surface area contributed by atoms with Crippen molar-refractivity contribution in [1.82, 2.24) is 9.78 Å². The summed E-state index contributed by atoms with van der Waals surface area (Å²) in [4.78, 5) is 11.9. The van der Waals surface area contributed by atoms with Gasteiger partial charge in [-0.15, -0.1) is 11.6 Å². The van der Waals surface area contributed by atoms with E-state index in [1.165, 1.54) is 5.56 Å². The molecule has 0 aliphatic heterocycles. The van der Waals surface area contributed by atoms with Crippen molar-refractivity contribution < 1.29 is 4.79 Å². The predicted octanol–water partition coefficient (Wildman–Crippen LogP) is 3.53. The first kappa shape index (κ1) is 13.8. The van der Waals surface area contributed by atoms with Gasteiger partial charge in [0.05, 0.1) is 28.5 Å². The van der Waals surface area contributed by atoms with Crippen LogP contribution < -0.4 is 0 Å². The van der Waals surface area contributed by atoms with Crippen LogP contribution >= 0.6 is 11.6 Å². The van der Waals surface area contributed by atoms with Crippen LogP contribution in [0.3, 0.4) is 0 Å². The van der Waals surface area contributed by atoms with Crippen molar-refractivity contribution in [1.29, 1.82) is 0 Å². The van der Waals surface area contributed by atoms with E-state index < -0.39 is 0 Å². The Morgan fingerprint density at radius 2 is 1.95 bits per heavy atom. The molecule has 0 bridgehead atoms. The minimum Gasteiger partial charge on any atom is -0.293 e. The van der Waals surface area contributed by atoms with Crippen LogP contribution in [0.5, 0.6) is 0 Å². The number of nitrogens with zero attached hydrogens (tertiary/aromatic N) is 2. The molecule has 0 unspecified atom stereocenters. The number of ketones is 1. The van der Waals surface area contributed by atoms with E-state index >= 15 is 0 Å². The highest BCUT2D eigenvalue weighted by atomic mass is 35.5. The van der Waals surface area contributed by atoms with Crippen LogP contribution in [0.15, 0.2) is 18.2 Å². The van der Waals surface area contributed by atoms with E-state index in [-0.39, 0.29) is 11.7 Å². The zero-order chi connectivity index (χ0) is 14.2. The lowest BCUT2D eigenvalue weighted by atomic mass is 10.1. The summed E-state index contributed by atoms with van der Waals surface area (Å²) in [5, 5.41) is 4.48. The second-order valence-electron chi connectivity index (χ2n) is 4.80. The van der Waals surface area contributed by atoms with Gasteiger partial charge in [-0.25, -0.2) is 4.68 Å². The Morgan fingerprint density at radius 1 is 1.26 bits per heavy atom. The van der Waals surface area contributed by atoms with E-state index in [9.17, 15) is 4.79 Å². The summed E-state index contributed by atoms with van der Waals surface area (Å²) < 4.78 is 1.82. The van der Waals surface area contributed by atoms with E-state index in [4.69, 9.17) is 11.6 Å². The average molecular weight is 277 g/mol. The molecule has 0 amide bonds. The van der Waals surface area contributed by atoms with Crippen LogP contribution in [0, 0.1) is 27.7 Å². The first-order valence-corrected chi connectivity index (χ1v) is 6.72. The van der Waals surface area contributed by atoms with E-state index in [1.54, 1.807) is 0 Å². The summed E-state index contributed by atoms with van der Waals surface area (Å²) in [5.74, 6) is -0.0899. The molecule has 3 nitrogen and oxygen atoms in total. The number of aromatic nitrogens is 2. The highest BCUT2D eigenvalue weighted by Gasteiger charge is 2.19. The summed E-state index contributed by atoms with van der Waals surface area (Å²) in [6.45, 7) is 7.84. The molecule has 19 heavy (non-hydrogen) atoms. The molecule has 1 aromatic carbocycles. The maximum atomic E-state index is 11.9. The predicted molar refractivity (Wildman–Crippen MR) is 77.6 cm³/mol. The molecule has 0 saturated heterocycles. The standard InChI is InChI=1S/C15H17ClN2O/c1-9-5-6-13(10(2)7-9)18-12(4)15(11(3)17-18)14(19)8-16/h5-7H,8H2,1-4H3. The maximum absolute atomic E-state index is 11.9. The molecule has 0 atom stereocenters. The summed E-state index contributed by atoms with van der Waals surface area (Å²) in [6, 6.07) is 6.18. The minimum absolute atomic E-state index is 0.0136. The minimum atomic E-state index is -0.0762. The summed E-state index contributed by atoms with van der Waals surface area (Å²) in [5.41, 5.74) is 5.54. The lowest BCUT2D eigenvalue weighted by molar-refractivity contribution is 0.102. The van der Waals surface area contributed by atoms with E-state index in [0.717, 1.165) is 22.6 Å².